The molecule has 2 atom stereocenters. The fraction of sp³-hybridized carbons (Fsp3) is 1.00. The van der Waals surface area contributed by atoms with Crippen LogP contribution < -0.4 is 0 Å². The largest absolute Gasteiger partial charge is 0.745 e. The Labute approximate surface area is 195 Å². The lowest BCUT2D eigenvalue weighted by Crippen LogP contribution is -2.91. The first kappa shape index (κ1) is 35.3. The van der Waals surface area contributed by atoms with E-state index in [-0.39, 0.29) is 0 Å². The zero-order valence-electron chi connectivity index (χ0n) is 16.3. The highest BCUT2D eigenvalue weighted by molar-refractivity contribution is 7.87. The van der Waals surface area contributed by atoms with Crippen LogP contribution in [0.3, 0.4) is 0 Å². The van der Waals surface area contributed by atoms with E-state index in [0.717, 1.165) is 0 Å². The smallest absolute Gasteiger partial charge is 0.460 e. The quantitative estimate of drug-likeness (QED) is 0.252. The number of rotatable bonds is 6. The summed E-state index contributed by atoms with van der Waals surface area (Å²) in [6.45, 7) is 0. The number of hydrogen-bond donors (Lipinski definition) is 0. The normalized spacial score (nSPS) is 30.3. The zero-order chi connectivity index (χ0) is 32.5. The van der Waals surface area contributed by atoms with Gasteiger partial charge in [0.25, 0.3) is 0 Å². The summed E-state index contributed by atoms with van der Waals surface area (Å²) >= 11 is 0. The van der Waals surface area contributed by atoms with Crippen molar-refractivity contribution in [3.63, 3.8) is 0 Å². The van der Waals surface area contributed by atoms with Crippen molar-refractivity contribution in [3.05, 3.63) is 0 Å². The Kier molecular flexibility index (Phi) is 7.04. The van der Waals surface area contributed by atoms with E-state index in [0.29, 0.717) is 0 Å². The van der Waals surface area contributed by atoms with Crippen molar-refractivity contribution in [1.29, 1.82) is 0 Å². The van der Waals surface area contributed by atoms with Crippen molar-refractivity contribution >= 4 is 10.1 Å². The van der Waals surface area contributed by atoms with E-state index in [9.17, 15) is 114 Å². The highest BCUT2D eigenvalue weighted by atomic mass is 32.2. The topological polar surface area (TPSA) is 57.2 Å². The maximum absolute atomic E-state index is 14.5. The predicted molar refractivity (Wildman–Crippen MR) is 68.0 cm³/mol. The molecule has 0 saturated heterocycles. The second-order valence-corrected chi connectivity index (χ2v) is 8.85. The van der Waals surface area contributed by atoms with Gasteiger partial charge in [-0.2, -0.15) is 92.2 Å². The third kappa shape index (κ3) is 3.21. The molecule has 2 unspecified atom stereocenters. The van der Waals surface area contributed by atoms with Gasteiger partial charge in [-0.25, -0.2) is 17.2 Å². The van der Waals surface area contributed by atoms with Crippen molar-refractivity contribution in [1.82, 2.24) is 0 Å². The van der Waals surface area contributed by atoms with E-state index >= 15 is 0 Å². The van der Waals surface area contributed by atoms with Crippen molar-refractivity contribution in [2.24, 2.45) is 0 Å². The van der Waals surface area contributed by atoms with Gasteiger partial charge in [0.1, 0.15) is 10.1 Å². The predicted octanol–water partition coefficient (Wildman–Crippen LogP) is 6.20. The van der Waals surface area contributed by atoms with Crippen LogP contribution in [-0.4, -0.2) is 83.1 Å². The highest BCUT2D eigenvalue weighted by Crippen LogP contribution is 2.75. The third-order valence-electron chi connectivity index (χ3n) is 5.17. The van der Waals surface area contributed by atoms with Gasteiger partial charge in [0.05, 0.1) is 0 Å². The van der Waals surface area contributed by atoms with Crippen molar-refractivity contribution < 1.29 is 114 Å². The first-order valence-electron chi connectivity index (χ1n) is 8.05. The van der Waals surface area contributed by atoms with Gasteiger partial charge < -0.3 is 4.55 Å². The Morgan fingerprint density at radius 3 is 1.03 bits per heavy atom. The molecule has 3 nitrogen and oxygen atoms in total. The summed E-state index contributed by atoms with van der Waals surface area (Å²) in [5, 5.41) is -8.85. The van der Waals surface area contributed by atoms with Crippen LogP contribution >= 0.6 is 0 Å². The summed E-state index contributed by atoms with van der Waals surface area (Å²) in [5.41, 5.74) is -9.76. The van der Waals surface area contributed by atoms with E-state index in [2.05, 4.69) is 0 Å². The summed E-state index contributed by atoms with van der Waals surface area (Å²) in [7, 11) is -9.10. The minimum atomic E-state index is -9.89. The molecule has 234 valence electrons. The Balaban J connectivity index is 4.38. The van der Waals surface area contributed by atoms with Gasteiger partial charge >= 0.3 is 70.1 Å². The molecular weight excluding hydrogens is 661 g/mol. The second kappa shape index (κ2) is 7.77. The van der Waals surface area contributed by atoms with Crippen molar-refractivity contribution in [2.75, 3.05) is 0 Å². The maximum atomic E-state index is 14.5. The van der Waals surface area contributed by atoms with Crippen LogP contribution in [-0.2, 0) is 10.1 Å². The Morgan fingerprint density at radius 1 is 0.436 bits per heavy atom. The van der Waals surface area contributed by atoms with Crippen LogP contribution in [0.15, 0.2) is 0 Å². The molecule has 0 bridgehead atoms. The van der Waals surface area contributed by atoms with Crippen LogP contribution in [0.25, 0.3) is 0 Å². The van der Waals surface area contributed by atoms with Gasteiger partial charge in [0.15, 0.2) is 0 Å². The third-order valence-corrected chi connectivity index (χ3v) is 6.37. The molecule has 0 aromatic heterocycles. The number of halogens is 23. The molecule has 0 spiro atoms. The molecule has 0 aliphatic heterocycles. The lowest BCUT2D eigenvalue weighted by molar-refractivity contribution is -0.504. The van der Waals surface area contributed by atoms with Gasteiger partial charge in [-0.3, -0.25) is 0 Å². The number of alkyl halides is 23. The number of hydrogen-bond acceptors (Lipinski definition) is 3. The minimum Gasteiger partial charge on any atom is -0.745 e. The summed E-state index contributed by atoms with van der Waals surface area (Å²) in [6.07, 6.45) is -8.24. The minimum absolute atomic E-state index is 8.24. The lowest BCUT2D eigenvalue weighted by atomic mass is 9.67. The van der Waals surface area contributed by atoms with Crippen LogP contribution in [0.4, 0.5) is 101 Å². The van der Waals surface area contributed by atoms with E-state index < -0.39 is 80.3 Å². The molecule has 27 heteroatoms. The summed E-state index contributed by atoms with van der Waals surface area (Å²) in [5.74, 6) is -83.5. The van der Waals surface area contributed by atoms with Gasteiger partial charge in [-0.15, -0.1) is 0 Å². The van der Waals surface area contributed by atoms with Crippen LogP contribution in [0.5, 0.6) is 0 Å². The van der Waals surface area contributed by atoms with Gasteiger partial charge in [0.2, 0.25) is 0 Å². The molecule has 1 fully saturated rings. The first-order valence-corrected chi connectivity index (χ1v) is 9.46. The molecule has 1 aliphatic carbocycles. The summed E-state index contributed by atoms with van der Waals surface area (Å²) < 4.78 is 340. The molecule has 0 N–H and O–H groups in total. The molecule has 39 heavy (non-hydrogen) atoms. The van der Waals surface area contributed by atoms with E-state index in [1.54, 1.807) is 0 Å². The Hall–Kier alpha value is -1.70. The van der Waals surface area contributed by atoms with E-state index in [1.807, 2.05) is 0 Å². The second-order valence-electron chi connectivity index (χ2n) is 7.38. The standard InChI is InChI=1S/C12HF23O3S/c13-1(2(14,15)5(20,21)7(24,25)8(26,27)10(30,31)12(33,34)35)3(16,17)6(22,23)9(28,29)11(32,4(1,18)19)39(36,37)38/h(H,36,37,38)/p-1. The molecule has 1 rings (SSSR count). The molecule has 0 radical (unpaired) electrons. The van der Waals surface area contributed by atoms with E-state index in [4.69, 9.17) is 0 Å². The average molecular weight is 661 g/mol. The Morgan fingerprint density at radius 2 is 0.744 bits per heavy atom. The molecule has 0 aromatic rings. The van der Waals surface area contributed by atoms with Crippen LogP contribution in [0.1, 0.15) is 0 Å². The fourth-order valence-corrected chi connectivity index (χ4v) is 3.82. The first-order chi connectivity index (χ1) is 16.2. The fourth-order valence-electron chi connectivity index (χ4n) is 2.93. The van der Waals surface area contributed by atoms with Crippen molar-refractivity contribution in [2.45, 2.75) is 70.1 Å². The Bertz CT molecular complexity index is 1100. The molecule has 0 heterocycles. The highest BCUT2D eigenvalue weighted by Gasteiger charge is 3.09. The monoisotopic (exact) mass is 661 g/mol. The molecule has 1 saturated carbocycles. The molecule has 0 aromatic carbocycles. The lowest BCUT2D eigenvalue weighted by Gasteiger charge is -2.57. The van der Waals surface area contributed by atoms with Crippen LogP contribution in [0.2, 0.25) is 0 Å². The molecule has 0 amide bonds. The van der Waals surface area contributed by atoms with E-state index in [1.165, 1.54) is 0 Å². The summed E-state index contributed by atoms with van der Waals surface area (Å²) in [6, 6.07) is 0. The zero-order valence-corrected chi connectivity index (χ0v) is 17.1. The maximum Gasteiger partial charge on any atom is 0.460 e. The summed E-state index contributed by atoms with van der Waals surface area (Å²) in [4.78, 5) is 0. The van der Waals surface area contributed by atoms with Gasteiger partial charge in [-0.1, -0.05) is 0 Å². The van der Waals surface area contributed by atoms with Crippen molar-refractivity contribution in [3.8, 4) is 0 Å². The average Bonchev–Trinajstić information content (AvgIpc) is 2.68. The molecule has 1 aliphatic rings. The molecular formula is C12F23O3S-. The van der Waals surface area contributed by atoms with Gasteiger partial charge in [0, 0.05) is 0 Å². The SMILES string of the molecule is O=S(=O)([O-])C1(F)C(F)(F)C(F)(F)C(F)(F)C(F)(C(F)(F)C(F)(F)C(F)(F)C(F)(F)C(F)(F)C(F)(F)F)C1(F)F. The van der Waals surface area contributed by atoms with Gasteiger partial charge in [-0.05, 0) is 0 Å². The van der Waals surface area contributed by atoms with Crippen LogP contribution in [0, 0.1) is 0 Å².